The van der Waals surface area contributed by atoms with Crippen molar-refractivity contribution in [2.75, 3.05) is 19.5 Å². The molecule has 3 N–H and O–H groups in total. The highest BCUT2D eigenvalue weighted by Gasteiger charge is 2.13. The fourth-order valence-corrected chi connectivity index (χ4v) is 3.39. The van der Waals surface area contributed by atoms with Crippen molar-refractivity contribution < 1.29 is 17.9 Å². The third-order valence-corrected chi connectivity index (χ3v) is 5.27. The first-order chi connectivity index (χ1) is 13.4. The first-order valence-electron chi connectivity index (χ1n) is 8.40. The number of aromatic nitrogens is 1. The third kappa shape index (κ3) is 3.92. The van der Waals surface area contributed by atoms with Crippen LogP contribution in [-0.4, -0.2) is 27.6 Å². The number of anilines is 1. The number of pyridine rings is 1. The van der Waals surface area contributed by atoms with Gasteiger partial charge in [0.25, 0.3) is 0 Å². The number of nitrogens with two attached hydrogens (primary N) is 1. The Balaban J connectivity index is 1.98. The van der Waals surface area contributed by atoms with Crippen molar-refractivity contribution >= 4 is 32.7 Å². The topological polar surface area (TPSA) is 104 Å². The second kappa shape index (κ2) is 7.87. The Morgan fingerprint density at radius 3 is 2.36 bits per heavy atom. The molecule has 28 heavy (non-hydrogen) atoms. The Morgan fingerprint density at radius 2 is 1.79 bits per heavy atom. The molecule has 1 heterocycles. The molecule has 0 saturated carbocycles. The van der Waals surface area contributed by atoms with Crippen molar-refractivity contribution in [2.24, 2.45) is 5.14 Å². The number of hydrogen-bond donors (Lipinski definition) is 2. The number of ether oxygens (including phenoxy) is 2. The Morgan fingerprint density at radius 1 is 1.14 bits per heavy atom. The van der Waals surface area contributed by atoms with Gasteiger partial charge in [0.1, 0.15) is 0 Å². The molecule has 7 nitrogen and oxygen atoms in total. The number of sulfonamides is 1. The molecule has 1 aromatic heterocycles. The number of hydrogen-bond acceptors (Lipinski definition) is 6. The van der Waals surface area contributed by atoms with E-state index in [2.05, 4.69) is 16.9 Å². The highest BCUT2D eigenvalue weighted by atomic mass is 32.2. The van der Waals surface area contributed by atoms with Crippen LogP contribution in [0.15, 0.2) is 54.1 Å². The first-order valence-corrected chi connectivity index (χ1v) is 9.94. The first kappa shape index (κ1) is 19.7. The Hall–Kier alpha value is -3.10. The monoisotopic (exact) mass is 399 g/mol. The van der Waals surface area contributed by atoms with Gasteiger partial charge >= 0.3 is 0 Å². The number of nitrogens with zero attached hydrogens (tertiary/aromatic N) is 1. The van der Waals surface area contributed by atoms with Crippen LogP contribution in [0.1, 0.15) is 11.1 Å². The molecule has 146 valence electrons. The van der Waals surface area contributed by atoms with Crippen LogP contribution >= 0.6 is 0 Å². The Bertz CT molecular complexity index is 1130. The lowest BCUT2D eigenvalue weighted by atomic mass is 10.1. The van der Waals surface area contributed by atoms with E-state index in [9.17, 15) is 8.42 Å². The molecular formula is C20H21N3O4S. The maximum Gasteiger partial charge on any atom is 0.238 e. The van der Waals surface area contributed by atoms with Gasteiger partial charge in [0.05, 0.1) is 30.3 Å². The van der Waals surface area contributed by atoms with Gasteiger partial charge in [0, 0.05) is 29.8 Å². The molecule has 8 heteroatoms. The summed E-state index contributed by atoms with van der Waals surface area (Å²) in [6.45, 7) is 4.32. The molecule has 0 saturated heterocycles. The van der Waals surface area contributed by atoms with Crippen LogP contribution in [-0.2, 0) is 16.6 Å². The second-order valence-electron chi connectivity index (χ2n) is 6.06. The fraction of sp³-hybridized carbons (Fsp3) is 0.150. The molecule has 0 radical (unpaired) electrons. The minimum atomic E-state index is -3.71. The van der Waals surface area contributed by atoms with E-state index in [1.54, 1.807) is 38.6 Å². The number of nitrogens with one attached hydrogen (secondary N) is 1. The summed E-state index contributed by atoms with van der Waals surface area (Å²) in [5.41, 5.74) is 3.32. The average molecular weight is 399 g/mol. The van der Waals surface area contributed by atoms with Gasteiger partial charge in [-0.1, -0.05) is 24.8 Å². The van der Waals surface area contributed by atoms with Crippen LogP contribution in [0.25, 0.3) is 17.0 Å². The molecule has 3 rings (SSSR count). The smallest absolute Gasteiger partial charge is 0.238 e. The van der Waals surface area contributed by atoms with Crippen LogP contribution in [0.3, 0.4) is 0 Å². The molecule has 0 atom stereocenters. The number of rotatable bonds is 7. The predicted octanol–water partition coefficient (Wildman–Crippen LogP) is 3.15. The SMILES string of the molecule is C=Cc1cnc2cc(OC)c(OC)cc2c1NCc1ccc(S(N)(=O)=O)cc1. The molecule has 0 fully saturated rings. The lowest BCUT2D eigenvalue weighted by Gasteiger charge is -2.15. The largest absolute Gasteiger partial charge is 0.493 e. The molecule has 0 spiro atoms. The minimum absolute atomic E-state index is 0.0780. The molecule has 0 aliphatic rings. The zero-order chi connectivity index (χ0) is 20.3. The van der Waals surface area contributed by atoms with Crippen LogP contribution in [0.5, 0.6) is 11.5 Å². The maximum atomic E-state index is 11.4. The molecule has 0 aliphatic heterocycles. The molecular weight excluding hydrogens is 378 g/mol. The molecule has 0 aliphatic carbocycles. The normalized spacial score (nSPS) is 11.2. The van der Waals surface area contributed by atoms with Crippen molar-refractivity contribution in [3.63, 3.8) is 0 Å². The van der Waals surface area contributed by atoms with Gasteiger partial charge in [-0.15, -0.1) is 0 Å². The average Bonchev–Trinajstić information content (AvgIpc) is 2.70. The van der Waals surface area contributed by atoms with E-state index in [0.717, 1.165) is 27.7 Å². The number of fused-ring (bicyclic) bond motifs is 1. The van der Waals surface area contributed by atoms with Crippen molar-refractivity contribution in [3.05, 3.63) is 60.3 Å². The summed E-state index contributed by atoms with van der Waals surface area (Å²) >= 11 is 0. The highest BCUT2D eigenvalue weighted by molar-refractivity contribution is 7.89. The fourth-order valence-electron chi connectivity index (χ4n) is 2.87. The maximum absolute atomic E-state index is 11.4. The van der Waals surface area contributed by atoms with Gasteiger partial charge in [0.2, 0.25) is 10.0 Å². The summed E-state index contributed by atoms with van der Waals surface area (Å²) in [5.74, 6) is 1.19. The summed E-state index contributed by atoms with van der Waals surface area (Å²) in [7, 11) is -0.555. The quantitative estimate of drug-likeness (QED) is 0.633. The van der Waals surface area contributed by atoms with E-state index >= 15 is 0 Å². The Kier molecular flexibility index (Phi) is 5.53. The van der Waals surface area contributed by atoms with Crippen LogP contribution in [0.4, 0.5) is 5.69 Å². The number of primary sulfonamides is 1. The van der Waals surface area contributed by atoms with Gasteiger partial charge < -0.3 is 14.8 Å². The summed E-state index contributed by atoms with van der Waals surface area (Å²) < 4.78 is 33.5. The van der Waals surface area contributed by atoms with Crippen molar-refractivity contribution in [1.82, 2.24) is 4.98 Å². The summed E-state index contributed by atoms with van der Waals surface area (Å²) in [5, 5.41) is 9.38. The number of methoxy groups -OCH3 is 2. The summed E-state index contributed by atoms with van der Waals surface area (Å²) in [4.78, 5) is 4.54. The second-order valence-corrected chi connectivity index (χ2v) is 7.62. The minimum Gasteiger partial charge on any atom is -0.493 e. The summed E-state index contributed by atoms with van der Waals surface area (Å²) in [6.07, 6.45) is 3.45. The number of benzene rings is 2. The van der Waals surface area contributed by atoms with Crippen molar-refractivity contribution in [2.45, 2.75) is 11.4 Å². The van der Waals surface area contributed by atoms with E-state index < -0.39 is 10.0 Å². The van der Waals surface area contributed by atoms with Gasteiger partial charge in [-0.2, -0.15) is 0 Å². The molecule has 0 bridgehead atoms. The molecule has 0 amide bonds. The van der Waals surface area contributed by atoms with Crippen LogP contribution in [0.2, 0.25) is 0 Å². The van der Waals surface area contributed by atoms with E-state index in [1.165, 1.54) is 12.1 Å². The van der Waals surface area contributed by atoms with E-state index in [-0.39, 0.29) is 4.90 Å². The van der Waals surface area contributed by atoms with E-state index in [1.807, 2.05) is 12.1 Å². The van der Waals surface area contributed by atoms with Crippen LogP contribution < -0.4 is 19.9 Å². The zero-order valence-electron chi connectivity index (χ0n) is 15.6. The van der Waals surface area contributed by atoms with Crippen molar-refractivity contribution in [1.29, 1.82) is 0 Å². The Labute approximate surface area is 163 Å². The third-order valence-electron chi connectivity index (χ3n) is 4.34. The van der Waals surface area contributed by atoms with Crippen molar-refractivity contribution in [3.8, 4) is 11.5 Å². The summed E-state index contributed by atoms with van der Waals surface area (Å²) in [6, 6.07) is 10.1. The van der Waals surface area contributed by atoms with Gasteiger partial charge in [0.15, 0.2) is 11.5 Å². The van der Waals surface area contributed by atoms with Crippen LogP contribution in [0, 0.1) is 0 Å². The molecule has 3 aromatic rings. The lowest BCUT2D eigenvalue weighted by molar-refractivity contribution is 0.356. The molecule has 0 unspecified atom stereocenters. The molecule has 2 aromatic carbocycles. The van der Waals surface area contributed by atoms with Gasteiger partial charge in [-0.05, 0) is 23.8 Å². The van der Waals surface area contributed by atoms with E-state index in [4.69, 9.17) is 14.6 Å². The standard InChI is InChI=1S/C20H21N3O4S/c1-4-14-12-22-17-10-19(27-3)18(26-2)9-16(17)20(14)23-11-13-5-7-15(8-6-13)28(21,24)25/h4-10,12H,1,11H2,2-3H3,(H,22,23)(H2,21,24,25). The van der Waals surface area contributed by atoms with Gasteiger partial charge in [-0.3, -0.25) is 4.98 Å². The highest BCUT2D eigenvalue weighted by Crippen LogP contribution is 2.36. The zero-order valence-corrected chi connectivity index (χ0v) is 16.4. The van der Waals surface area contributed by atoms with E-state index in [0.29, 0.717) is 18.0 Å². The predicted molar refractivity (Wildman–Crippen MR) is 110 cm³/mol. The van der Waals surface area contributed by atoms with Gasteiger partial charge in [-0.25, -0.2) is 13.6 Å². The lowest BCUT2D eigenvalue weighted by Crippen LogP contribution is -2.12.